The Bertz CT molecular complexity index is 917. The van der Waals surface area contributed by atoms with Gasteiger partial charge < -0.3 is 29.9 Å². The van der Waals surface area contributed by atoms with Gasteiger partial charge in [0.2, 0.25) is 5.91 Å². The number of amides is 4. The molecule has 9 heteroatoms. The lowest BCUT2D eigenvalue weighted by molar-refractivity contribution is -0.142. The number of benzene rings is 1. The average molecular weight is 489 g/mol. The van der Waals surface area contributed by atoms with Gasteiger partial charge in [-0.05, 0) is 51.8 Å². The van der Waals surface area contributed by atoms with E-state index in [1.54, 1.807) is 37.3 Å². The van der Waals surface area contributed by atoms with E-state index < -0.39 is 0 Å². The molecule has 1 aliphatic carbocycles. The molecular weight excluding hydrogens is 448 g/mol. The van der Waals surface area contributed by atoms with E-state index in [-0.39, 0.29) is 54.5 Å². The third-order valence-corrected chi connectivity index (χ3v) is 6.86. The van der Waals surface area contributed by atoms with Crippen molar-refractivity contribution in [2.45, 2.75) is 65.1 Å². The Morgan fingerprint density at radius 1 is 1.17 bits per heavy atom. The molecule has 9 nitrogen and oxygen atoms in total. The van der Waals surface area contributed by atoms with Gasteiger partial charge in [0, 0.05) is 50.8 Å². The number of nitrogens with zero attached hydrogens (tertiary/aromatic N) is 2. The van der Waals surface area contributed by atoms with Crippen molar-refractivity contribution in [3.63, 3.8) is 0 Å². The first-order valence-corrected chi connectivity index (χ1v) is 12.5. The fourth-order valence-corrected chi connectivity index (χ4v) is 4.48. The second kappa shape index (κ2) is 11.7. The molecule has 0 aromatic heterocycles. The molecule has 1 aliphatic heterocycles. The zero-order valence-electron chi connectivity index (χ0n) is 21.8. The van der Waals surface area contributed by atoms with Gasteiger partial charge in [-0.3, -0.25) is 9.59 Å². The Kier molecular flexibility index (Phi) is 8.99. The van der Waals surface area contributed by atoms with E-state index in [9.17, 15) is 14.4 Å². The molecule has 194 valence electrons. The second-order valence-corrected chi connectivity index (χ2v) is 10.2. The summed E-state index contributed by atoms with van der Waals surface area (Å²) in [5, 5.41) is 5.55. The average Bonchev–Trinajstić information content (AvgIpc) is 2.76. The molecule has 1 saturated carbocycles. The van der Waals surface area contributed by atoms with Gasteiger partial charge >= 0.3 is 6.03 Å². The number of rotatable bonds is 4. The molecule has 1 aromatic rings. The fraction of sp³-hybridized carbons (Fsp3) is 0.654. The van der Waals surface area contributed by atoms with Crippen molar-refractivity contribution in [3.8, 4) is 5.75 Å². The maximum atomic E-state index is 13.4. The summed E-state index contributed by atoms with van der Waals surface area (Å²) in [7, 11) is 3.36. The SMILES string of the molecule is CO[C@H]1CN(C)C(=O)c2cc(NC(=O)NC(C)C)ccc2OC[C@@H](C)N(C(=O)C2CCC2)C[C@H]1C. The highest BCUT2D eigenvalue weighted by molar-refractivity contribution is 5.99. The molecule has 3 rings (SSSR count). The first kappa shape index (κ1) is 26.8. The lowest BCUT2D eigenvalue weighted by Crippen LogP contribution is -2.51. The van der Waals surface area contributed by atoms with E-state index in [0.717, 1.165) is 19.3 Å². The third kappa shape index (κ3) is 6.66. The van der Waals surface area contributed by atoms with Crippen LogP contribution in [-0.4, -0.2) is 79.7 Å². The molecule has 1 fully saturated rings. The van der Waals surface area contributed by atoms with Gasteiger partial charge in [-0.2, -0.15) is 0 Å². The minimum atomic E-state index is -0.345. The van der Waals surface area contributed by atoms with Crippen LogP contribution in [0.2, 0.25) is 0 Å². The van der Waals surface area contributed by atoms with Crippen LogP contribution in [0.3, 0.4) is 0 Å². The molecule has 4 amide bonds. The summed E-state index contributed by atoms with van der Waals surface area (Å²) in [5.41, 5.74) is 0.841. The van der Waals surface area contributed by atoms with Gasteiger partial charge in [-0.15, -0.1) is 0 Å². The van der Waals surface area contributed by atoms with Crippen LogP contribution in [0, 0.1) is 11.8 Å². The van der Waals surface area contributed by atoms with Gasteiger partial charge in [-0.25, -0.2) is 4.79 Å². The number of likely N-dealkylation sites (N-methyl/N-ethyl adjacent to an activating group) is 1. The molecule has 0 bridgehead atoms. The lowest BCUT2D eigenvalue weighted by atomic mass is 9.83. The van der Waals surface area contributed by atoms with Crippen molar-refractivity contribution in [1.82, 2.24) is 15.1 Å². The third-order valence-electron chi connectivity index (χ3n) is 6.86. The maximum absolute atomic E-state index is 13.4. The highest BCUT2D eigenvalue weighted by atomic mass is 16.5. The topological polar surface area (TPSA) is 100 Å². The van der Waals surface area contributed by atoms with Gasteiger partial charge in [-0.1, -0.05) is 13.3 Å². The summed E-state index contributed by atoms with van der Waals surface area (Å²) in [4.78, 5) is 42.4. The normalized spacial score (nSPS) is 24.0. The van der Waals surface area contributed by atoms with Crippen LogP contribution in [-0.2, 0) is 9.53 Å². The Labute approximate surface area is 208 Å². The number of ether oxygens (including phenoxy) is 2. The first-order valence-electron chi connectivity index (χ1n) is 12.5. The summed E-state index contributed by atoms with van der Waals surface area (Å²) in [6.07, 6.45) is 2.72. The van der Waals surface area contributed by atoms with E-state index >= 15 is 0 Å². The molecule has 2 aliphatic rings. The number of anilines is 1. The molecule has 2 N–H and O–H groups in total. The van der Waals surface area contributed by atoms with E-state index in [1.807, 2.05) is 25.7 Å². The molecule has 1 heterocycles. The van der Waals surface area contributed by atoms with Gasteiger partial charge in [0.1, 0.15) is 12.4 Å². The standard InChI is InChI=1S/C26H40N4O5/c1-16(2)27-26(33)28-20-10-11-22-21(12-20)25(32)29(5)14-23(34-6)17(3)13-30(18(4)15-35-22)24(31)19-8-7-9-19/h10-12,16-19,23H,7-9,13-15H2,1-6H3,(H2,27,28,33)/t17-,18-,23+/m1/s1. The van der Waals surface area contributed by atoms with Crippen LogP contribution in [0.15, 0.2) is 18.2 Å². The predicted molar refractivity (Wildman–Crippen MR) is 135 cm³/mol. The molecule has 0 radical (unpaired) electrons. The number of fused-ring (bicyclic) bond motifs is 1. The smallest absolute Gasteiger partial charge is 0.319 e. The minimum Gasteiger partial charge on any atom is -0.491 e. The second-order valence-electron chi connectivity index (χ2n) is 10.2. The summed E-state index contributed by atoms with van der Waals surface area (Å²) in [5.74, 6) is 0.473. The first-order chi connectivity index (χ1) is 16.6. The Hall–Kier alpha value is -2.81. The zero-order valence-corrected chi connectivity index (χ0v) is 21.8. The number of nitrogens with one attached hydrogen (secondary N) is 2. The van der Waals surface area contributed by atoms with Gasteiger partial charge in [0.25, 0.3) is 5.91 Å². The lowest BCUT2D eigenvalue weighted by Gasteiger charge is -2.39. The monoisotopic (exact) mass is 488 g/mol. The van der Waals surface area contributed by atoms with Crippen molar-refractivity contribution in [2.24, 2.45) is 11.8 Å². The van der Waals surface area contributed by atoms with Crippen molar-refractivity contribution in [3.05, 3.63) is 23.8 Å². The summed E-state index contributed by atoms with van der Waals surface area (Å²) < 4.78 is 11.9. The minimum absolute atomic E-state index is 0.0181. The maximum Gasteiger partial charge on any atom is 0.319 e. The highest BCUT2D eigenvalue weighted by Gasteiger charge is 2.35. The molecule has 3 atom stereocenters. The molecule has 35 heavy (non-hydrogen) atoms. The Balaban J connectivity index is 1.91. The van der Waals surface area contributed by atoms with Crippen LogP contribution >= 0.6 is 0 Å². The molecule has 0 unspecified atom stereocenters. The summed E-state index contributed by atoms with van der Waals surface area (Å²) in [6.45, 7) is 8.94. The molecule has 0 spiro atoms. The van der Waals surface area contributed by atoms with Crippen LogP contribution in [0.4, 0.5) is 10.5 Å². The van der Waals surface area contributed by atoms with Gasteiger partial charge in [0.15, 0.2) is 0 Å². The number of hydrogen-bond donors (Lipinski definition) is 2. The van der Waals surface area contributed by atoms with Gasteiger partial charge in [0.05, 0.1) is 17.7 Å². The van der Waals surface area contributed by atoms with E-state index in [1.165, 1.54) is 0 Å². The molecule has 0 saturated heterocycles. The quantitative estimate of drug-likeness (QED) is 0.677. The van der Waals surface area contributed by atoms with Crippen molar-refractivity contribution >= 4 is 23.5 Å². The number of carbonyl (C=O) groups is 3. The number of urea groups is 1. The number of hydrogen-bond acceptors (Lipinski definition) is 5. The summed E-state index contributed by atoms with van der Waals surface area (Å²) in [6, 6.07) is 4.50. The Morgan fingerprint density at radius 3 is 2.49 bits per heavy atom. The van der Waals surface area contributed by atoms with Crippen molar-refractivity contribution in [2.75, 3.05) is 39.2 Å². The van der Waals surface area contributed by atoms with Crippen LogP contribution in [0.25, 0.3) is 0 Å². The van der Waals surface area contributed by atoms with E-state index in [4.69, 9.17) is 9.47 Å². The number of methoxy groups -OCH3 is 1. The summed E-state index contributed by atoms with van der Waals surface area (Å²) >= 11 is 0. The van der Waals surface area contributed by atoms with Crippen LogP contribution in [0.1, 0.15) is 57.3 Å². The van der Waals surface area contributed by atoms with Crippen LogP contribution in [0.5, 0.6) is 5.75 Å². The molecule has 1 aromatic carbocycles. The largest absolute Gasteiger partial charge is 0.491 e. The predicted octanol–water partition coefficient (Wildman–Crippen LogP) is 3.35. The van der Waals surface area contributed by atoms with Crippen LogP contribution < -0.4 is 15.4 Å². The number of carbonyl (C=O) groups excluding carboxylic acids is 3. The van der Waals surface area contributed by atoms with E-state index in [2.05, 4.69) is 17.6 Å². The van der Waals surface area contributed by atoms with E-state index in [0.29, 0.717) is 30.1 Å². The highest BCUT2D eigenvalue weighted by Crippen LogP contribution is 2.31. The zero-order chi connectivity index (χ0) is 25.7. The molecular formula is C26H40N4O5. The fourth-order valence-electron chi connectivity index (χ4n) is 4.48. The van der Waals surface area contributed by atoms with Crippen molar-refractivity contribution < 1.29 is 23.9 Å². The Morgan fingerprint density at radius 2 is 1.89 bits per heavy atom. The van der Waals surface area contributed by atoms with Crippen molar-refractivity contribution in [1.29, 1.82) is 0 Å².